The van der Waals surface area contributed by atoms with Crippen molar-refractivity contribution in [3.8, 4) is 0 Å². The molecule has 0 bridgehead atoms. The minimum Gasteiger partial charge on any atom is -0.336 e. The highest BCUT2D eigenvalue weighted by Gasteiger charge is 2.29. The number of carbonyl (C=O) groups excluding carboxylic acids is 1. The molecule has 5 nitrogen and oxygen atoms in total. The Morgan fingerprint density at radius 1 is 1.39 bits per heavy atom. The van der Waals surface area contributed by atoms with Gasteiger partial charge in [0.25, 0.3) is 11.5 Å². The summed E-state index contributed by atoms with van der Waals surface area (Å²) < 4.78 is 0. The van der Waals surface area contributed by atoms with Crippen molar-refractivity contribution < 1.29 is 4.79 Å². The number of aromatic nitrogens is 2. The van der Waals surface area contributed by atoms with Gasteiger partial charge in [0.15, 0.2) is 0 Å². The van der Waals surface area contributed by atoms with E-state index in [4.69, 9.17) is 11.6 Å². The van der Waals surface area contributed by atoms with Crippen LogP contribution in [0.1, 0.15) is 35.2 Å². The first-order chi connectivity index (χ1) is 11.1. The normalized spacial score (nSPS) is 17.4. The number of nitrogens with zero attached hydrogens (tertiary/aromatic N) is 2. The Bertz CT molecular complexity index is 745. The van der Waals surface area contributed by atoms with Gasteiger partial charge in [0.1, 0.15) is 5.02 Å². The molecule has 0 aromatic carbocycles. The maximum absolute atomic E-state index is 12.7. The summed E-state index contributed by atoms with van der Waals surface area (Å²) >= 11 is 5.82. The lowest BCUT2D eigenvalue weighted by Gasteiger charge is -2.25. The summed E-state index contributed by atoms with van der Waals surface area (Å²) in [6.45, 7) is 0.747. The van der Waals surface area contributed by atoms with Crippen LogP contribution in [-0.4, -0.2) is 33.4 Å². The van der Waals surface area contributed by atoms with E-state index in [1.165, 1.54) is 17.8 Å². The number of rotatable bonds is 4. The molecule has 0 radical (unpaired) electrons. The van der Waals surface area contributed by atoms with Gasteiger partial charge in [-0.05, 0) is 49.4 Å². The molecule has 0 spiro atoms. The van der Waals surface area contributed by atoms with Crippen LogP contribution in [0.5, 0.6) is 0 Å². The molecule has 3 rings (SSSR count). The smallest absolute Gasteiger partial charge is 0.266 e. The molecule has 6 heteroatoms. The first-order valence-electron chi connectivity index (χ1n) is 7.73. The number of amides is 1. The van der Waals surface area contributed by atoms with Gasteiger partial charge in [0.05, 0.1) is 5.56 Å². The molecule has 1 atom stereocenters. The number of hydrogen-bond donors (Lipinski definition) is 1. The van der Waals surface area contributed by atoms with E-state index in [1.54, 1.807) is 12.4 Å². The third kappa shape index (κ3) is 3.62. The van der Waals surface area contributed by atoms with Crippen molar-refractivity contribution in [3.05, 3.63) is 63.3 Å². The van der Waals surface area contributed by atoms with E-state index >= 15 is 0 Å². The maximum Gasteiger partial charge on any atom is 0.266 e. The molecule has 1 amide bonds. The van der Waals surface area contributed by atoms with Crippen molar-refractivity contribution >= 4 is 17.5 Å². The lowest BCUT2D eigenvalue weighted by Crippen LogP contribution is -2.36. The zero-order chi connectivity index (χ0) is 16.2. The summed E-state index contributed by atoms with van der Waals surface area (Å²) in [7, 11) is 0. The van der Waals surface area contributed by atoms with Gasteiger partial charge in [-0.1, -0.05) is 11.6 Å². The lowest BCUT2D eigenvalue weighted by molar-refractivity contribution is 0.0730. The summed E-state index contributed by atoms with van der Waals surface area (Å²) in [6, 6.07) is 5.67. The SMILES string of the molecule is O=C(c1c[nH]c(=O)c(Cl)c1)N1CCC[C@H]1CCc1ccncc1. The van der Waals surface area contributed by atoms with E-state index in [2.05, 4.69) is 9.97 Å². The Morgan fingerprint density at radius 3 is 2.91 bits per heavy atom. The number of pyridine rings is 2. The lowest BCUT2D eigenvalue weighted by atomic mass is 10.0. The summed E-state index contributed by atoms with van der Waals surface area (Å²) in [6.07, 6.45) is 8.87. The van der Waals surface area contributed by atoms with Crippen LogP contribution >= 0.6 is 11.6 Å². The molecular weight excluding hydrogens is 314 g/mol. The molecule has 3 heterocycles. The second kappa shape index (κ2) is 6.96. The molecule has 2 aromatic heterocycles. The van der Waals surface area contributed by atoms with E-state index in [1.807, 2.05) is 17.0 Å². The topological polar surface area (TPSA) is 66.1 Å². The first kappa shape index (κ1) is 15.7. The van der Waals surface area contributed by atoms with Crippen LogP contribution in [-0.2, 0) is 6.42 Å². The molecule has 1 saturated heterocycles. The van der Waals surface area contributed by atoms with Crippen LogP contribution in [0.15, 0.2) is 41.6 Å². The van der Waals surface area contributed by atoms with Gasteiger partial charge in [-0.3, -0.25) is 14.6 Å². The number of carbonyl (C=O) groups is 1. The largest absolute Gasteiger partial charge is 0.336 e. The molecule has 1 N–H and O–H groups in total. The van der Waals surface area contributed by atoms with Crippen LogP contribution < -0.4 is 5.56 Å². The number of aryl methyl sites for hydroxylation is 1. The fourth-order valence-electron chi connectivity index (χ4n) is 3.03. The molecule has 1 aliphatic rings. The molecule has 2 aromatic rings. The fraction of sp³-hybridized carbons (Fsp3) is 0.353. The van der Waals surface area contributed by atoms with Crippen molar-refractivity contribution in [1.29, 1.82) is 0 Å². The van der Waals surface area contributed by atoms with Crippen molar-refractivity contribution in [2.75, 3.05) is 6.54 Å². The summed E-state index contributed by atoms with van der Waals surface area (Å²) in [4.78, 5) is 32.4. The first-order valence-corrected chi connectivity index (χ1v) is 8.11. The highest BCUT2D eigenvalue weighted by atomic mass is 35.5. The Kier molecular flexibility index (Phi) is 4.76. The highest BCUT2D eigenvalue weighted by molar-refractivity contribution is 6.30. The van der Waals surface area contributed by atoms with Crippen molar-refractivity contribution in [2.45, 2.75) is 31.7 Å². The summed E-state index contributed by atoms with van der Waals surface area (Å²) in [5.74, 6) is -0.0691. The van der Waals surface area contributed by atoms with Crippen LogP contribution in [0.4, 0.5) is 0 Å². The average molecular weight is 332 g/mol. The minimum atomic E-state index is -0.376. The number of nitrogens with one attached hydrogen (secondary N) is 1. The molecule has 120 valence electrons. The predicted molar refractivity (Wildman–Crippen MR) is 88.7 cm³/mol. The Labute approximate surface area is 139 Å². The van der Waals surface area contributed by atoms with Crippen LogP contribution in [0.25, 0.3) is 0 Å². The Balaban J connectivity index is 1.69. The molecule has 23 heavy (non-hydrogen) atoms. The second-order valence-electron chi connectivity index (χ2n) is 5.75. The number of halogens is 1. The summed E-state index contributed by atoms with van der Waals surface area (Å²) in [5, 5.41) is 0.0448. The second-order valence-corrected chi connectivity index (χ2v) is 6.16. The number of H-pyrrole nitrogens is 1. The van der Waals surface area contributed by atoms with Crippen LogP contribution in [0.2, 0.25) is 5.02 Å². The van der Waals surface area contributed by atoms with Gasteiger partial charge in [-0.2, -0.15) is 0 Å². The standard InChI is InChI=1S/C17H18ClN3O2/c18-15-10-13(11-20-16(15)22)17(23)21-9-1-2-14(21)4-3-12-5-7-19-8-6-12/h5-8,10-11,14H,1-4,9H2,(H,20,22)/t14-/m0/s1. The van der Waals surface area contributed by atoms with Gasteiger partial charge >= 0.3 is 0 Å². The third-order valence-corrected chi connectivity index (χ3v) is 4.54. The highest BCUT2D eigenvalue weighted by Crippen LogP contribution is 2.24. The molecule has 0 unspecified atom stereocenters. The molecule has 1 fully saturated rings. The van der Waals surface area contributed by atoms with Crippen molar-refractivity contribution in [1.82, 2.24) is 14.9 Å². The van der Waals surface area contributed by atoms with Gasteiger partial charge < -0.3 is 9.88 Å². The third-order valence-electron chi connectivity index (χ3n) is 4.26. The van der Waals surface area contributed by atoms with E-state index in [0.717, 1.165) is 32.2 Å². The van der Waals surface area contributed by atoms with Gasteiger partial charge in [-0.15, -0.1) is 0 Å². The zero-order valence-electron chi connectivity index (χ0n) is 12.7. The average Bonchev–Trinajstić information content (AvgIpc) is 3.04. The summed E-state index contributed by atoms with van der Waals surface area (Å²) in [5.41, 5.74) is 1.29. The van der Waals surface area contributed by atoms with E-state index < -0.39 is 0 Å². The fourth-order valence-corrected chi connectivity index (χ4v) is 3.20. The zero-order valence-corrected chi connectivity index (χ0v) is 13.4. The van der Waals surface area contributed by atoms with Crippen molar-refractivity contribution in [2.24, 2.45) is 0 Å². The Morgan fingerprint density at radius 2 is 2.17 bits per heavy atom. The van der Waals surface area contributed by atoms with Gasteiger partial charge in [0, 0.05) is 31.2 Å². The van der Waals surface area contributed by atoms with Gasteiger partial charge in [-0.25, -0.2) is 0 Å². The monoisotopic (exact) mass is 331 g/mol. The van der Waals surface area contributed by atoms with E-state index in [-0.39, 0.29) is 22.5 Å². The number of aromatic amines is 1. The molecule has 1 aliphatic heterocycles. The van der Waals surface area contributed by atoms with E-state index in [0.29, 0.717) is 5.56 Å². The maximum atomic E-state index is 12.7. The van der Waals surface area contributed by atoms with E-state index in [9.17, 15) is 9.59 Å². The van der Waals surface area contributed by atoms with Crippen LogP contribution in [0, 0.1) is 0 Å². The van der Waals surface area contributed by atoms with Crippen molar-refractivity contribution in [3.63, 3.8) is 0 Å². The van der Waals surface area contributed by atoms with Gasteiger partial charge in [0.2, 0.25) is 0 Å². The van der Waals surface area contributed by atoms with Crippen LogP contribution in [0.3, 0.4) is 0 Å². The molecule has 0 saturated carbocycles. The predicted octanol–water partition coefficient (Wildman–Crippen LogP) is 2.66. The molecule has 0 aliphatic carbocycles. The number of likely N-dealkylation sites (tertiary alicyclic amines) is 1. The number of hydrogen-bond acceptors (Lipinski definition) is 3. The quantitative estimate of drug-likeness (QED) is 0.936. The minimum absolute atomic E-state index is 0.0448. The molecular formula is C17H18ClN3O2. The Hall–Kier alpha value is -2.14.